The van der Waals surface area contributed by atoms with Gasteiger partial charge >= 0.3 is 0 Å². The van der Waals surface area contributed by atoms with E-state index in [4.69, 9.17) is 38.0 Å². The van der Waals surface area contributed by atoms with Crippen LogP contribution >= 0.6 is 23.8 Å². The maximum absolute atomic E-state index is 6.21. The number of thiocarbonyl (C=S) groups is 1. The van der Waals surface area contributed by atoms with E-state index >= 15 is 0 Å². The highest BCUT2D eigenvalue weighted by atomic mass is 35.5. The molecule has 0 amide bonds. The van der Waals surface area contributed by atoms with Gasteiger partial charge in [-0.2, -0.15) is 5.10 Å². The quantitative estimate of drug-likeness (QED) is 0.420. The minimum Gasteiger partial charge on any atom is -0.497 e. The topological polar surface area (TPSA) is 64.1 Å². The molecule has 0 fully saturated rings. The van der Waals surface area contributed by atoms with Crippen LogP contribution in [0, 0.1) is 0 Å². The molecule has 138 valence electrons. The second-order valence-corrected chi connectivity index (χ2v) is 5.84. The number of benzene rings is 2. The number of ether oxygens (including phenoxy) is 3. The molecule has 0 saturated heterocycles. The van der Waals surface area contributed by atoms with Gasteiger partial charge in [0.2, 0.25) is 0 Å². The Labute approximate surface area is 163 Å². The van der Waals surface area contributed by atoms with Crippen molar-refractivity contribution in [2.24, 2.45) is 5.10 Å². The predicted octanol–water partition coefficient (Wildman–Crippen LogP) is 4.08. The Morgan fingerprint density at radius 2 is 2.04 bits per heavy atom. The van der Waals surface area contributed by atoms with E-state index in [-0.39, 0.29) is 0 Å². The van der Waals surface area contributed by atoms with Crippen molar-refractivity contribution in [1.29, 1.82) is 0 Å². The molecule has 2 aromatic carbocycles. The Kier molecular flexibility index (Phi) is 7.50. The van der Waals surface area contributed by atoms with Crippen LogP contribution in [0.15, 0.2) is 41.5 Å². The third-order valence-corrected chi connectivity index (χ3v) is 3.72. The fourth-order valence-electron chi connectivity index (χ4n) is 2.15. The van der Waals surface area contributed by atoms with Crippen LogP contribution in [0.1, 0.15) is 12.5 Å². The number of methoxy groups -OCH3 is 2. The van der Waals surface area contributed by atoms with Gasteiger partial charge in [-0.15, -0.1) is 0 Å². The maximum Gasteiger partial charge on any atom is 0.191 e. The van der Waals surface area contributed by atoms with Crippen LogP contribution in [0.25, 0.3) is 0 Å². The van der Waals surface area contributed by atoms with Crippen molar-refractivity contribution in [2.75, 3.05) is 26.1 Å². The fourth-order valence-corrected chi connectivity index (χ4v) is 2.62. The fraction of sp³-hybridized carbons (Fsp3) is 0.222. The molecule has 0 spiro atoms. The summed E-state index contributed by atoms with van der Waals surface area (Å²) in [6, 6.07) is 10.9. The van der Waals surface area contributed by atoms with Gasteiger partial charge in [0.15, 0.2) is 16.6 Å². The smallest absolute Gasteiger partial charge is 0.191 e. The number of nitrogens with one attached hydrogen (secondary N) is 2. The molecule has 0 unspecified atom stereocenters. The van der Waals surface area contributed by atoms with Gasteiger partial charge in [-0.3, -0.25) is 5.43 Å². The highest BCUT2D eigenvalue weighted by molar-refractivity contribution is 7.80. The number of hydrogen-bond donors (Lipinski definition) is 2. The van der Waals surface area contributed by atoms with Gasteiger partial charge in [0.1, 0.15) is 5.75 Å². The summed E-state index contributed by atoms with van der Waals surface area (Å²) in [5, 5.41) is 7.92. The minimum absolute atomic E-state index is 0.346. The van der Waals surface area contributed by atoms with Crippen LogP contribution in [-0.2, 0) is 0 Å². The summed E-state index contributed by atoms with van der Waals surface area (Å²) in [6.45, 7) is 2.39. The van der Waals surface area contributed by atoms with E-state index in [1.54, 1.807) is 32.6 Å². The summed E-state index contributed by atoms with van der Waals surface area (Å²) >= 11 is 11.4. The van der Waals surface area contributed by atoms with E-state index in [0.29, 0.717) is 28.2 Å². The normalized spacial score (nSPS) is 10.5. The molecule has 0 bridgehead atoms. The first-order valence-corrected chi connectivity index (χ1v) is 8.60. The first-order chi connectivity index (χ1) is 12.6. The van der Waals surface area contributed by atoms with Gasteiger partial charge in [-0.25, -0.2) is 0 Å². The van der Waals surface area contributed by atoms with Gasteiger partial charge in [0.05, 0.1) is 32.1 Å². The lowest BCUT2D eigenvalue weighted by atomic mass is 10.2. The third kappa shape index (κ3) is 5.50. The van der Waals surface area contributed by atoms with E-state index in [1.165, 1.54) is 0 Å². The molecule has 0 atom stereocenters. The summed E-state index contributed by atoms with van der Waals surface area (Å²) in [7, 11) is 3.15. The molecule has 0 saturated carbocycles. The van der Waals surface area contributed by atoms with Crippen LogP contribution < -0.4 is 25.0 Å². The van der Waals surface area contributed by atoms with Crippen LogP contribution in [0.5, 0.6) is 17.2 Å². The van der Waals surface area contributed by atoms with Crippen LogP contribution in [-0.4, -0.2) is 32.2 Å². The molecule has 2 aromatic rings. The molecule has 0 aliphatic carbocycles. The van der Waals surface area contributed by atoms with E-state index in [0.717, 1.165) is 17.0 Å². The predicted molar refractivity (Wildman–Crippen MR) is 109 cm³/mol. The molecule has 2 rings (SSSR count). The van der Waals surface area contributed by atoms with E-state index in [9.17, 15) is 0 Å². The molecular formula is C18H20ClN3O3S. The summed E-state index contributed by atoms with van der Waals surface area (Å²) in [5.41, 5.74) is 4.29. The number of hydrazone groups is 1. The molecule has 0 aliphatic heterocycles. The minimum atomic E-state index is 0.346. The van der Waals surface area contributed by atoms with Crippen molar-refractivity contribution in [3.05, 3.63) is 47.0 Å². The first kappa shape index (κ1) is 19.8. The van der Waals surface area contributed by atoms with Gasteiger partial charge in [-0.05, 0) is 49.0 Å². The number of anilines is 1. The van der Waals surface area contributed by atoms with Crippen molar-refractivity contribution in [1.82, 2.24) is 5.43 Å². The van der Waals surface area contributed by atoms with Crippen LogP contribution in [0.2, 0.25) is 5.02 Å². The Morgan fingerprint density at radius 3 is 2.73 bits per heavy atom. The van der Waals surface area contributed by atoms with Crippen LogP contribution in [0.3, 0.4) is 0 Å². The highest BCUT2D eigenvalue weighted by Gasteiger charge is 2.10. The first-order valence-electron chi connectivity index (χ1n) is 7.81. The zero-order valence-electron chi connectivity index (χ0n) is 14.7. The molecule has 8 heteroatoms. The average Bonchev–Trinajstić information content (AvgIpc) is 2.62. The Balaban J connectivity index is 2.02. The lowest BCUT2D eigenvalue weighted by Crippen LogP contribution is -2.23. The lowest BCUT2D eigenvalue weighted by Gasteiger charge is -2.11. The number of halogens is 1. The second-order valence-electron chi connectivity index (χ2n) is 5.02. The molecule has 2 N–H and O–H groups in total. The Hall–Kier alpha value is -2.51. The molecule has 0 aromatic heterocycles. The van der Waals surface area contributed by atoms with E-state index in [2.05, 4.69) is 15.8 Å². The van der Waals surface area contributed by atoms with Gasteiger partial charge in [-0.1, -0.05) is 17.7 Å². The summed E-state index contributed by atoms with van der Waals surface area (Å²) in [4.78, 5) is 0. The van der Waals surface area contributed by atoms with Crippen molar-refractivity contribution < 1.29 is 14.2 Å². The van der Waals surface area contributed by atoms with Crippen LogP contribution in [0.4, 0.5) is 5.69 Å². The third-order valence-electron chi connectivity index (χ3n) is 3.24. The standard InChI is InChI=1S/C18H20ClN3O3S/c1-4-25-16-9-12(8-15(19)17(16)24-3)11-20-22-18(26)21-13-6-5-7-14(10-13)23-2/h5-11H,4H2,1-3H3,(H2,21,22,26)/b20-11-. The van der Waals surface area contributed by atoms with Crippen molar-refractivity contribution in [3.63, 3.8) is 0 Å². The molecule has 26 heavy (non-hydrogen) atoms. The number of rotatable bonds is 7. The van der Waals surface area contributed by atoms with Gasteiger partial charge in [0, 0.05) is 11.8 Å². The monoisotopic (exact) mass is 393 g/mol. The molecule has 0 radical (unpaired) electrons. The van der Waals surface area contributed by atoms with Crippen molar-refractivity contribution in [2.45, 2.75) is 6.92 Å². The molecule has 0 heterocycles. The van der Waals surface area contributed by atoms with E-state index in [1.807, 2.05) is 31.2 Å². The zero-order valence-corrected chi connectivity index (χ0v) is 16.3. The van der Waals surface area contributed by atoms with Gasteiger partial charge in [0.25, 0.3) is 0 Å². The SMILES string of the molecule is CCOc1cc(/C=N\NC(=S)Nc2cccc(OC)c2)cc(Cl)c1OC. The summed E-state index contributed by atoms with van der Waals surface area (Å²) in [5.74, 6) is 1.78. The Bertz CT molecular complexity index is 799. The Morgan fingerprint density at radius 1 is 1.23 bits per heavy atom. The maximum atomic E-state index is 6.21. The highest BCUT2D eigenvalue weighted by Crippen LogP contribution is 2.35. The molecular weight excluding hydrogens is 374 g/mol. The lowest BCUT2D eigenvalue weighted by molar-refractivity contribution is 0.311. The van der Waals surface area contributed by atoms with Gasteiger partial charge < -0.3 is 19.5 Å². The summed E-state index contributed by atoms with van der Waals surface area (Å²) < 4.78 is 16.0. The van der Waals surface area contributed by atoms with E-state index < -0.39 is 0 Å². The van der Waals surface area contributed by atoms with Crippen molar-refractivity contribution >= 4 is 40.8 Å². The largest absolute Gasteiger partial charge is 0.497 e. The summed E-state index contributed by atoms with van der Waals surface area (Å²) in [6.07, 6.45) is 1.59. The van der Waals surface area contributed by atoms with Crippen molar-refractivity contribution in [3.8, 4) is 17.2 Å². The molecule has 6 nitrogen and oxygen atoms in total. The number of hydrogen-bond acceptors (Lipinski definition) is 5. The molecule has 0 aliphatic rings. The average molecular weight is 394 g/mol. The zero-order chi connectivity index (χ0) is 18.9. The second kappa shape index (κ2) is 9.84. The number of nitrogens with zero attached hydrogens (tertiary/aromatic N) is 1.